The van der Waals surface area contributed by atoms with Gasteiger partial charge < -0.3 is 10.6 Å². The fourth-order valence-electron chi connectivity index (χ4n) is 2.41. The van der Waals surface area contributed by atoms with E-state index in [-0.39, 0.29) is 11.9 Å². The Morgan fingerprint density at radius 2 is 1.59 bits per heavy atom. The van der Waals surface area contributed by atoms with E-state index >= 15 is 0 Å². The van der Waals surface area contributed by atoms with Crippen LogP contribution in [0.1, 0.15) is 43.9 Å². The lowest BCUT2D eigenvalue weighted by Crippen LogP contribution is -2.30. The molecule has 0 aromatic heterocycles. The minimum absolute atomic E-state index is 0.0177. The van der Waals surface area contributed by atoms with Gasteiger partial charge in [-0.15, -0.1) is 0 Å². The predicted molar refractivity (Wildman–Crippen MR) is 92.0 cm³/mol. The molecule has 0 saturated carbocycles. The van der Waals surface area contributed by atoms with Crippen LogP contribution in [0, 0.1) is 0 Å². The van der Waals surface area contributed by atoms with Gasteiger partial charge in [0, 0.05) is 11.7 Å². The summed E-state index contributed by atoms with van der Waals surface area (Å²) in [5.41, 5.74) is 3.24. The minimum atomic E-state index is -0.0177. The normalized spacial score (nSPS) is 12.2. The fourth-order valence-corrected chi connectivity index (χ4v) is 2.41. The SMILES string of the molecule is CC(C)c1ccccc1NC(=O)CN[C@@H](C)c1ccccc1. The smallest absolute Gasteiger partial charge is 0.238 e. The van der Waals surface area contributed by atoms with E-state index in [1.165, 1.54) is 5.56 Å². The summed E-state index contributed by atoms with van der Waals surface area (Å²) >= 11 is 0. The number of hydrogen-bond donors (Lipinski definition) is 2. The molecule has 0 aliphatic carbocycles. The van der Waals surface area contributed by atoms with Crippen LogP contribution in [-0.4, -0.2) is 12.5 Å². The Hall–Kier alpha value is -2.13. The molecule has 0 heterocycles. The van der Waals surface area contributed by atoms with E-state index < -0.39 is 0 Å². The van der Waals surface area contributed by atoms with Crippen LogP contribution in [-0.2, 0) is 4.79 Å². The minimum Gasteiger partial charge on any atom is -0.325 e. The summed E-state index contributed by atoms with van der Waals surface area (Å²) in [5, 5.41) is 6.25. The van der Waals surface area contributed by atoms with Gasteiger partial charge in [-0.05, 0) is 30.0 Å². The highest BCUT2D eigenvalue weighted by Gasteiger charge is 2.10. The van der Waals surface area contributed by atoms with E-state index in [9.17, 15) is 4.79 Å². The second kappa shape index (κ2) is 7.76. The molecule has 0 saturated heterocycles. The van der Waals surface area contributed by atoms with Crippen LogP contribution in [0.5, 0.6) is 0 Å². The molecule has 0 unspecified atom stereocenters. The molecule has 0 fully saturated rings. The van der Waals surface area contributed by atoms with Gasteiger partial charge in [0.1, 0.15) is 0 Å². The highest BCUT2D eigenvalue weighted by Crippen LogP contribution is 2.23. The summed E-state index contributed by atoms with van der Waals surface area (Å²) in [6.07, 6.45) is 0. The lowest BCUT2D eigenvalue weighted by atomic mass is 10.0. The van der Waals surface area contributed by atoms with Gasteiger partial charge in [-0.25, -0.2) is 0 Å². The summed E-state index contributed by atoms with van der Waals surface area (Å²) in [7, 11) is 0. The summed E-state index contributed by atoms with van der Waals surface area (Å²) in [5.74, 6) is 0.364. The van der Waals surface area contributed by atoms with Crippen molar-refractivity contribution in [2.24, 2.45) is 0 Å². The Kier molecular flexibility index (Phi) is 5.73. The number of amides is 1. The van der Waals surface area contributed by atoms with Gasteiger partial charge in [-0.1, -0.05) is 62.4 Å². The van der Waals surface area contributed by atoms with Crippen molar-refractivity contribution in [3.8, 4) is 0 Å². The average molecular weight is 296 g/mol. The third-order valence-electron chi connectivity index (χ3n) is 3.73. The molecule has 0 aliphatic heterocycles. The van der Waals surface area contributed by atoms with Crippen molar-refractivity contribution in [2.75, 3.05) is 11.9 Å². The van der Waals surface area contributed by atoms with Gasteiger partial charge in [0.15, 0.2) is 0 Å². The third-order valence-corrected chi connectivity index (χ3v) is 3.73. The first-order valence-corrected chi connectivity index (χ1v) is 7.75. The van der Waals surface area contributed by atoms with E-state index in [0.717, 1.165) is 11.3 Å². The van der Waals surface area contributed by atoms with Crippen LogP contribution in [0.3, 0.4) is 0 Å². The van der Waals surface area contributed by atoms with Crippen LogP contribution in [0.4, 0.5) is 5.69 Å². The first kappa shape index (κ1) is 16.2. The maximum Gasteiger partial charge on any atom is 0.238 e. The molecule has 2 N–H and O–H groups in total. The van der Waals surface area contributed by atoms with Crippen LogP contribution in [0.25, 0.3) is 0 Å². The first-order valence-electron chi connectivity index (χ1n) is 7.75. The quantitative estimate of drug-likeness (QED) is 0.842. The van der Waals surface area contributed by atoms with Crippen molar-refractivity contribution in [1.82, 2.24) is 5.32 Å². The van der Waals surface area contributed by atoms with Crippen molar-refractivity contribution in [3.05, 3.63) is 65.7 Å². The largest absolute Gasteiger partial charge is 0.325 e. The Labute approximate surface area is 132 Å². The fraction of sp³-hybridized carbons (Fsp3) is 0.316. The topological polar surface area (TPSA) is 41.1 Å². The standard InChI is InChI=1S/C19H24N2O/c1-14(2)17-11-7-8-12-18(17)21-19(22)13-20-15(3)16-9-5-4-6-10-16/h4-12,14-15,20H,13H2,1-3H3,(H,21,22)/t15-/m0/s1. The number of carbonyl (C=O) groups excluding carboxylic acids is 1. The second-order valence-corrected chi connectivity index (χ2v) is 5.80. The molecule has 0 bridgehead atoms. The molecule has 3 nitrogen and oxygen atoms in total. The van der Waals surface area contributed by atoms with E-state index in [4.69, 9.17) is 0 Å². The lowest BCUT2D eigenvalue weighted by molar-refractivity contribution is -0.115. The molecule has 1 amide bonds. The van der Waals surface area contributed by atoms with Crippen LogP contribution in [0.2, 0.25) is 0 Å². The van der Waals surface area contributed by atoms with Crippen molar-refractivity contribution in [3.63, 3.8) is 0 Å². The highest BCUT2D eigenvalue weighted by atomic mass is 16.1. The molecular formula is C19H24N2O. The van der Waals surface area contributed by atoms with E-state index in [1.807, 2.05) is 36.4 Å². The van der Waals surface area contributed by atoms with E-state index in [1.54, 1.807) is 0 Å². The Bertz CT molecular complexity index is 608. The Morgan fingerprint density at radius 3 is 2.27 bits per heavy atom. The van der Waals surface area contributed by atoms with Crippen molar-refractivity contribution in [2.45, 2.75) is 32.7 Å². The number of para-hydroxylation sites is 1. The molecule has 2 aromatic rings. The number of hydrogen-bond acceptors (Lipinski definition) is 2. The maximum atomic E-state index is 12.1. The van der Waals surface area contributed by atoms with E-state index in [2.05, 4.69) is 49.6 Å². The van der Waals surface area contributed by atoms with Crippen LogP contribution >= 0.6 is 0 Å². The molecular weight excluding hydrogens is 272 g/mol. The number of nitrogens with one attached hydrogen (secondary N) is 2. The molecule has 0 spiro atoms. The van der Waals surface area contributed by atoms with Crippen molar-refractivity contribution in [1.29, 1.82) is 0 Å². The molecule has 2 rings (SSSR count). The monoisotopic (exact) mass is 296 g/mol. The number of carbonyl (C=O) groups is 1. The first-order chi connectivity index (χ1) is 10.6. The predicted octanol–water partition coefficient (Wildman–Crippen LogP) is 4.10. The van der Waals surface area contributed by atoms with Crippen LogP contribution in [0.15, 0.2) is 54.6 Å². The summed E-state index contributed by atoms with van der Waals surface area (Å²) in [6, 6.07) is 18.2. The molecule has 1 atom stereocenters. The lowest BCUT2D eigenvalue weighted by Gasteiger charge is -2.16. The van der Waals surface area contributed by atoms with Gasteiger partial charge in [-0.3, -0.25) is 4.79 Å². The third kappa shape index (κ3) is 4.43. The zero-order chi connectivity index (χ0) is 15.9. The van der Waals surface area contributed by atoms with Gasteiger partial charge in [0.2, 0.25) is 5.91 Å². The van der Waals surface area contributed by atoms with Crippen molar-refractivity contribution >= 4 is 11.6 Å². The van der Waals surface area contributed by atoms with Gasteiger partial charge in [0.25, 0.3) is 0 Å². The van der Waals surface area contributed by atoms with Gasteiger partial charge >= 0.3 is 0 Å². The molecule has 22 heavy (non-hydrogen) atoms. The highest BCUT2D eigenvalue weighted by molar-refractivity contribution is 5.93. The zero-order valence-electron chi connectivity index (χ0n) is 13.5. The summed E-state index contributed by atoms with van der Waals surface area (Å²) < 4.78 is 0. The molecule has 0 aliphatic rings. The van der Waals surface area contributed by atoms with E-state index in [0.29, 0.717) is 12.5 Å². The molecule has 2 aromatic carbocycles. The van der Waals surface area contributed by atoms with Crippen molar-refractivity contribution < 1.29 is 4.79 Å². The zero-order valence-corrected chi connectivity index (χ0v) is 13.5. The van der Waals surface area contributed by atoms with Gasteiger partial charge in [0.05, 0.1) is 6.54 Å². The maximum absolute atomic E-state index is 12.1. The summed E-state index contributed by atoms with van der Waals surface area (Å²) in [4.78, 5) is 12.1. The Morgan fingerprint density at radius 1 is 0.955 bits per heavy atom. The Balaban J connectivity index is 1.91. The molecule has 0 radical (unpaired) electrons. The second-order valence-electron chi connectivity index (χ2n) is 5.80. The van der Waals surface area contributed by atoms with Crippen LogP contribution < -0.4 is 10.6 Å². The number of benzene rings is 2. The average Bonchev–Trinajstić information content (AvgIpc) is 2.53. The van der Waals surface area contributed by atoms with Gasteiger partial charge in [-0.2, -0.15) is 0 Å². The summed E-state index contributed by atoms with van der Waals surface area (Å²) in [6.45, 7) is 6.61. The molecule has 116 valence electrons. The number of anilines is 1. The molecule has 3 heteroatoms. The number of rotatable bonds is 6.